The van der Waals surface area contributed by atoms with Crippen molar-refractivity contribution in [3.8, 4) is 0 Å². The van der Waals surface area contributed by atoms with Crippen molar-refractivity contribution in [2.45, 2.75) is 52.5 Å². The van der Waals surface area contributed by atoms with Crippen molar-refractivity contribution in [2.24, 2.45) is 0 Å². The van der Waals surface area contributed by atoms with E-state index in [2.05, 4.69) is 42.4 Å². The molecule has 0 fully saturated rings. The van der Waals surface area contributed by atoms with Gasteiger partial charge in [0.25, 0.3) is 11.6 Å². The summed E-state index contributed by atoms with van der Waals surface area (Å²) in [6, 6.07) is 4.22. The van der Waals surface area contributed by atoms with E-state index in [-0.39, 0.29) is 17.9 Å². The molecule has 0 saturated carbocycles. The Morgan fingerprint density at radius 2 is 2.27 bits per heavy atom. The number of fused-ring (bicyclic) bond motifs is 2. The number of hydrogen-bond acceptors (Lipinski definition) is 5. The second-order valence-corrected chi connectivity index (χ2v) is 8.17. The van der Waals surface area contributed by atoms with E-state index in [1.165, 1.54) is 10.4 Å². The van der Waals surface area contributed by atoms with Crippen molar-refractivity contribution >= 4 is 28.3 Å². The molecular formula is C20H23N3O2S. The van der Waals surface area contributed by atoms with Crippen molar-refractivity contribution in [1.82, 2.24) is 15.0 Å². The first-order valence-electron chi connectivity index (χ1n) is 9.15. The van der Waals surface area contributed by atoms with E-state index in [1.807, 2.05) is 17.9 Å². The number of rotatable bonds is 3. The molecule has 3 aromatic rings. The molecule has 1 aliphatic rings. The number of nitrogens with zero attached hydrogens (tertiary/aromatic N) is 3. The van der Waals surface area contributed by atoms with Gasteiger partial charge in [0.15, 0.2) is 0 Å². The lowest BCUT2D eigenvalue weighted by Gasteiger charge is -2.35. The van der Waals surface area contributed by atoms with Crippen molar-refractivity contribution in [1.29, 1.82) is 0 Å². The molecule has 26 heavy (non-hydrogen) atoms. The molecule has 0 N–H and O–H groups in total. The van der Waals surface area contributed by atoms with Crippen LogP contribution in [0.3, 0.4) is 0 Å². The zero-order valence-corrected chi connectivity index (χ0v) is 16.4. The van der Waals surface area contributed by atoms with Crippen LogP contribution < -0.4 is 0 Å². The summed E-state index contributed by atoms with van der Waals surface area (Å²) in [6.07, 6.45) is 1.83. The summed E-state index contributed by atoms with van der Waals surface area (Å²) in [4.78, 5) is 21.5. The molecule has 0 saturated heterocycles. The standard InChI is InChI=1S/C20H23N3O2S/c1-5-16-13-7-9-26-17(13)6-8-23(16)20(24)14-10-15(11(2)3)21-19-18(14)12(4)22-25-19/h7,9-11,16H,5-6,8H2,1-4H3. The number of aryl methyl sites for hydroxylation is 1. The smallest absolute Gasteiger partial charge is 0.259 e. The molecule has 0 aliphatic carbocycles. The fraction of sp³-hybridized carbons (Fsp3) is 0.450. The van der Waals surface area contributed by atoms with Gasteiger partial charge in [0, 0.05) is 17.1 Å². The maximum Gasteiger partial charge on any atom is 0.259 e. The summed E-state index contributed by atoms with van der Waals surface area (Å²) in [5.74, 6) is 0.262. The lowest BCUT2D eigenvalue weighted by atomic mass is 9.95. The van der Waals surface area contributed by atoms with Crippen molar-refractivity contribution in [3.63, 3.8) is 0 Å². The number of hydrogen-bond donors (Lipinski definition) is 0. The lowest BCUT2D eigenvalue weighted by molar-refractivity contribution is 0.0659. The molecule has 0 aromatic carbocycles. The van der Waals surface area contributed by atoms with Gasteiger partial charge in [0.2, 0.25) is 0 Å². The molecule has 3 aromatic heterocycles. The Bertz CT molecular complexity index is 973. The van der Waals surface area contributed by atoms with Crippen molar-refractivity contribution in [2.75, 3.05) is 6.54 Å². The van der Waals surface area contributed by atoms with Crippen LogP contribution in [0.15, 0.2) is 22.0 Å². The van der Waals surface area contributed by atoms with Gasteiger partial charge in [0.1, 0.15) is 0 Å². The minimum Gasteiger partial charge on any atom is -0.336 e. The highest BCUT2D eigenvalue weighted by Gasteiger charge is 2.32. The molecule has 1 unspecified atom stereocenters. The summed E-state index contributed by atoms with van der Waals surface area (Å²) in [5.41, 5.74) is 3.99. The van der Waals surface area contributed by atoms with Crippen LogP contribution in [0.4, 0.5) is 0 Å². The van der Waals surface area contributed by atoms with Gasteiger partial charge in [0.05, 0.1) is 22.7 Å². The fourth-order valence-corrected chi connectivity index (χ4v) is 4.74. The third kappa shape index (κ3) is 2.63. The first-order valence-corrected chi connectivity index (χ1v) is 10.0. The Morgan fingerprint density at radius 1 is 1.46 bits per heavy atom. The molecule has 4 heterocycles. The summed E-state index contributed by atoms with van der Waals surface area (Å²) in [6.45, 7) is 8.89. The highest BCUT2D eigenvalue weighted by molar-refractivity contribution is 7.10. The highest BCUT2D eigenvalue weighted by Crippen LogP contribution is 2.37. The van der Waals surface area contributed by atoms with Gasteiger partial charge < -0.3 is 9.42 Å². The van der Waals surface area contributed by atoms with Crippen LogP contribution in [0, 0.1) is 6.92 Å². The Balaban J connectivity index is 1.82. The summed E-state index contributed by atoms with van der Waals surface area (Å²) >= 11 is 1.79. The largest absolute Gasteiger partial charge is 0.336 e. The van der Waals surface area contributed by atoms with Gasteiger partial charge in [-0.15, -0.1) is 11.3 Å². The molecule has 136 valence electrons. The molecule has 1 aliphatic heterocycles. The molecule has 1 amide bonds. The minimum atomic E-state index is 0.0503. The van der Waals surface area contributed by atoms with Crippen molar-refractivity contribution in [3.05, 3.63) is 44.9 Å². The predicted octanol–water partition coefficient (Wildman–Crippen LogP) is 4.87. The normalized spacial score (nSPS) is 17.1. The summed E-state index contributed by atoms with van der Waals surface area (Å²) in [5, 5.41) is 6.92. The number of carbonyl (C=O) groups excluding carboxylic acids is 1. The molecule has 1 atom stereocenters. The molecule has 0 radical (unpaired) electrons. The Hall–Kier alpha value is -2.21. The topological polar surface area (TPSA) is 59.2 Å². The Labute approximate surface area is 157 Å². The third-order valence-electron chi connectivity index (χ3n) is 5.20. The molecule has 6 heteroatoms. The SMILES string of the molecule is CCC1c2ccsc2CCN1C(=O)c1cc(C(C)C)nc2onc(C)c12. The number of pyridine rings is 1. The lowest BCUT2D eigenvalue weighted by Crippen LogP contribution is -2.39. The van der Waals surface area contributed by atoms with Gasteiger partial charge in [-0.25, -0.2) is 4.98 Å². The van der Waals surface area contributed by atoms with Gasteiger partial charge in [-0.2, -0.15) is 0 Å². The Morgan fingerprint density at radius 3 is 3.00 bits per heavy atom. The second kappa shape index (κ2) is 6.50. The maximum absolute atomic E-state index is 13.6. The first kappa shape index (κ1) is 17.2. The van der Waals surface area contributed by atoms with Crippen LogP contribution in [0.5, 0.6) is 0 Å². The number of thiophene rings is 1. The van der Waals surface area contributed by atoms with E-state index in [4.69, 9.17) is 4.52 Å². The quantitative estimate of drug-likeness (QED) is 0.661. The van der Waals surface area contributed by atoms with Crippen LogP contribution in [0.1, 0.15) is 71.3 Å². The molecule has 0 spiro atoms. The predicted molar refractivity (Wildman–Crippen MR) is 103 cm³/mol. The third-order valence-corrected chi connectivity index (χ3v) is 6.20. The van der Waals surface area contributed by atoms with Crippen molar-refractivity contribution < 1.29 is 9.32 Å². The van der Waals surface area contributed by atoms with Gasteiger partial charge >= 0.3 is 0 Å². The van der Waals surface area contributed by atoms with Gasteiger partial charge in [-0.05, 0) is 48.8 Å². The maximum atomic E-state index is 13.6. The van der Waals surface area contributed by atoms with Crippen LogP contribution in [-0.2, 0) is 6.42 Å². The molecular weight excluding hydrogens is 346 g/mol. The highest BCUT2D eigenvalue weighted by atomic mass is 32.1. The Kier molecular flexibility index (Phi) is 4.31. The van der Waals surface area contributed by atoms with Gasteiger partial charge in [-0.3, -0.25) is 4.79 Å². The average molecular weight is 369 g/mol. The van der Waals surface area contributed by atoms with E-state index in [0.29, 0.717) is 17.0 Å². The summed E-state index contributed by atoms with van der Waals surface area (Å²) in [7, 11) is 0. The van der Waals surface area contributed by atoms with E-state index >= 15 is 0 Å². The van der Waals surface area contributed by atoms with Crippen LogP contribution >= 0.6 is 11.3 Å². The van der Waals surface area contributed by atoms with Crippen LogP contribution in [0.2, 0.25) is 0 Å². The van der Waals surface area contributed by atoms with Gasteiger partial charge in [-0.1, -0.05) is 25.9 Å². The molecule has 0 bridgehead atoms. The zero-order valence-electron chi connectivity index (χ0n) is 15.6. The number of aromatic nitrogens is 2. The monoisotopic (exact) mass is 369 g/mol. The summed E-state index contributed by atoms with van der Waals surface area (Å²) < 4.78 is 5.38. The van der Waals surface area contributed by atoms with Crippen LogP contribution in [0.25, 0.3) is 11.1 Å². The van der Waals surface area contributed by atoms with E-state index in [9.17, 15) is 4.79 Å². The first-order chi connectivity index (χ1) is 12.5. The zero-order chi connectivity index (χ0) is 18.4. The minimum absolute atomic E-state index is 0.0503. The fourth-order valence-electron chi connectivity index (χ4n) is 3.81. The average Bonchev–Trinajstić information content (AvgIpc) is 3.26. The van der Waals surface area contributed by atoms with E-state index < -0.39 is 0 Å². The number of carbonyl (C=O) groups is 1. The molecule has 5 nitrogen and oxygen atoms in total. The second-order valence-electron chi connectivity index (χ2n) is 7.17. The molecule has 4 rings (SSSR count). The van der Waals surface area contributed by atoms with Crippen LogP contribution in [-0.4, -0.2) is 27.5 Å². The van der Waals surface area contributed by atoms with E-state index in [0.717, 1.165) is 30.5 Å². The number of amides is 1. The van der Waals surface area contributed by atoms with E-state index in [1.54, 1.807) is 11.3 Å².